The molecule has 0 bridgehead atoms. The minimum atomic E-state index is -0.496. The molecular formula is C23H18N2O4. The number of anilines is 1. The van der Waals surface area contributed by atoms with Crippen LogP contribution in [0, 0.1) is 6.92 Å². The summed E-state index contributed by atoms with van der Waals surface area (Å²) in [5.74, 6) is 1.42. The summed E-state index contributed by atoms with van der Waals surface area (Å²) in [4.78, 5) is 27.4. The molecule has 0 aliphatic rings. The van der Waals surface area contributed by atoms with Crippen LogP contribution in [-0.2, 0) is 0 Å². The molecule has 144 valence electrons. The lowest BCUT2D eigenvalue weighted by Crippen LogP contribution is -2.23. The van der Waals surface area contributed by atoms with Gasteiger partial charge >= 0.3 is 0 Å². The molecule has 1 amide bonds. The van der Waals surface area contributed by atoms with Crippen LogP contribution in [0.25, 0.3) is 11.5 Å². The second kappa shape index (κ2) is 7.90. The van der Waals surface area contributed by atoms with Gasteiger partial charge in [-0.05, 0) is 73.2 Å². The second-order valence-corrected chi connectivity index (χ2v) is 6.49. The molecule has 0 unspecified atom stereocenters. The van der Waals surface area contributed by atoms with E-state index < -0.39 is 11.5 Å². The van der Waals surface area contributed by atoms with Crippen LogP contribution >= 0.6 is 0 Å². The number of carbonyl (C=O) groups is 1. The predicted octanol–water partition coefficient (Wildman–Crippen LogP) is 4.99. The molecule has 4 rings (SSSR count). The van der Waals surface area contributed by atoms with Crippen LogP contribution in [0.4, 0.5) is 5.69 Å². The van der Waals surface area contributed by atoms with Gasteiger partial charge in [-0.3, -0.25) is 9.59 Å². The van der Waals surface area contributed by atoms with Crippen molar-refractivity contribution in [2.24, 2.45) is 0 Å². The number of hydrogen-bond donors (Lipinski definition) is 2. The van der Waals surface area contributed by atoms with Crippen molar-refractivity contribution in [3.05, 3.63) is 101 Å². The summed E-state index contributed by atoms with van der Waals surface area (Å²) in [7, 11) is 0. The number of furan rings is 1. The Morgan fingerprint density at radius 1 is 0.966 bits per heavy atom. The van der Waals surface area contributed by atoms with Gasteiger partial charge in [0.2, 0.25) is 0 Å². The van der Waals surface area contributed by atoms with Gasteiger partial charge in [0, 0.05) is 5.69 Å². The molecule has 0 atom stereocenters. The first-order valence-electron chi connectivity index (χ1n) is 9.02. The average Bonchev–Trinajstić information content (AvgIpc) is 3.24. The third kappa shape index (κ3) is 4.27. The number of aromatic nitrogens is 1. The largest absolute Gasteiger partial charge is 0.463 e. The van der Waals surface area contributed by atoms with E-state index in [2.05, 4.69) is 10.3 Å². The van der Waals surface area contributed by atoms with Crippen molar-refractivity contribution in [3.63, 3.8) is 0 Å². The van der Waals surface area contributed by atoms with Gasteiger partial charge in [0.25, 0.3) is 11.5 Å². The first kappa shape index (κ1) is 18.3. The first-order valence-corrected chi connectivity index (χ1v) is 9.02. The zero-order valence-corrected chi connectivity index (χ0v) is 15.6. The summed E-state index contributed by atoms with van der Waals surface area (Å²) in [6.07, 6.45) is 1.51. The van der Waals surface area contributed by atoms with Crippen molar-refractivity contribution in [2.75, 3.05) is 5.32 Å². The molecule has 2 N–H and O–H groups in total. The third-order valence-electron chi connectivity index (χ3n) is 4.28. The monoisotopic (exact) mass is 386 g/mol. The Labute approximate surface area is 166 Å². The van der Waals surface area contributed by atoms with E-state index in [0.29, 0.717) is 22.9 Å². The van der Waals surface area contributed by atoms with Crippen LogP contribution in [0.1, 0.15) is 15.9 Å². The number of H-pyrrole nitrogens is 1. The van der Waals surface area contributed by atoms with Crippen LogP contribution in [0.15, 0.2) is 88.3 Å². The zero-order chi connectivity index (χ0) is 20.2. The highest BCUT2D eigenvalue weighted by Gasteiger charge is 2.13. The number of amides is 1. The maximum atomic E-state index is 12.5. The van der Waals surface area contributed by atoms with Crippen LogP contribution < -0.4 is 15.6 Å². The lowest BCUT2D eigenvalue weighted by Gasteiger charge is -2.09. The van der Waals surface area contributed by atoms with E-state index in [0.717, 1.165) is 11.3 Å². The summed E-state index contributed by atoms with van der Waals surface area (Å²) < 4.78 is 11.0. The standard InChI is InChI=1S/C23H18N2O4/c1-15-4-2-5-18(14-15)29-17-9-7-16(8-10-17)24-22(26)19-11-12-20(25-23(19)27)21-6-3-13-28-21/h2-14H,1H3,(H,24,26)(H,25,27). The SMILES string of the molecule is Cc1cccc(Oc2ccc(NC(=O)c3ccc(-c4ccco4)[nH]c3=O)cc2)c1. The second-order valence-electron chi connectivity index (χ2n) is 6.49. The topological polar surface area (TPSA) is 84.3 Å². The van der Waals surface area contributed by atoms with E-state index in [1.165, 1.54) is 12.3 Å². The van der Waals surface area contributed by atoms with Gasteiger partial charge in [-0.25, -0.2) is 0 Å². The zero-order valence-electron chi connectivity index (χ0n) is 15.6. The molecular weight excluding hydrogens is 368 g/mol. The Hall–Kier alpha value is -4.06. The maximum Gasteiger partial charge on any atom is 0.261 e. The van der Waals surface area contributed by atoms with Gasteiger partial charge in [-0.2, -0.15) is 0 Å². The molecule has 29 heavy (non-hydrogen) atoms. The van der Waals surface area contributed by atoms with E-state index in [4.69, 9.17) is 9.15 Å². The van der Waals surface area contributed by atoms with Gasteiger partial charge in [0.1, 0.15) is 22.8 Å². The minimum absolute atomic E-state index is 0.0143. The van der Waals surface area contributed by atoms with Gasteiger partial charge in [0.15, 0.2) is 0 Å². The molecule has 0 saturated heterocycles. The molecule has 2 aromatic carbocycles. The highest BCUT2D eigenvalue weighted by atomic mass is 16.5. The molecule has 0 aliphatic carbocycles. The first-order chi connectivity index (χ1) is 14.1. The Morgan fingerprint density at radius 2 is 1.79 bits per heavy atom. The van der Waals surface area contributed by atoms with Gasteiger partial charge in [-0.1, -0.05) is 12.1 Å². The Balaban J connectivity index is 1.45. The summed E-state index contributed by atoms with van der Waals surface area (Å²) in [6.45, 7) is 1.99. The molecule has 4 aromatic rings. The molecule has 6 nitrogen and oxygen atoms in total. The molecule has 0 spiro atoms. The van der Waals surface area contributed by atoms with E-state index >= 15 is 0 Å². The van der Waals surface area contributed by atoms with E-state index in [9.17, 15) is 9.59 Å². The van der Waals surface area contributed by atoms with Crippen LogP contribution in [0.2, 0.25) is 0 Å². The molecule has 2 heterocycles. The number of benzene rings is 2. The van der Waals surface area contributed by atoms with Crippen LogP contribution in [0.3, 0.4) is 0 Å². The summed E-state index contributed by atoms with van der Waals surface area (Å²) >= 11 is 0. The van der Waals surface area contributed by atoms with Gasteiger partial charge in [0.05, 0.1) is 12.0 Å². The summed E-state index contributed by atoms with van der Waals surface area (Å²) in [5, 5.41) is 2.72. The fraction of sp³-hybridized carbons (Fsp3) is 0.0435. The van der Waals surface area contributed by atoms with Gasteiger partial charge < -0.3 is 19.5 Å². The summed E-state index contributed by atoms with van der Waals surface area (Å²) in [6, 6.07) is 21.2. The van der Waals surface area contributed by atoms with E-state index in [1.54, 1.807) is 42.5 Å². The number of hydrogen-bond acceptors (Lipinski definition) is 4. The van der Waals surface area contributed by atoms with E-state index in [-0.39, 0.29) is 5.56 Å². The molecule has 0 fully saturated rings. The molecule has 2 aromatic heterocycles. The number of carbonyl (C=O) groups excluding carboxylic acids is 1. The third-order valence-corrected chi connectivity index (χ3v) is 4.28. The number of aromatic amines is 1. The summed E-state index contributed by atoms with van der Waals surface area (Å²) in [5.41, 5.74) is 1.70. The quantitative estimate of drug-likeness (QED) is 0.506. The minimum Gasteiger partial charge on any atom is -0.463 e. The van der Waals surface area contributed by atoms with Crippen molar-refractivity contribution in [1.82, 2.24) is 4.98 Å². The Bertz CT molecular complexity index is 1190. The predicted molar refractivity (Wildman–Crippen MR) is 110 cm³/mol. The van der Waals surface area contributed by atoms with Crippen LogP contribution in [0.5, 0.6) is 11.5 Å². The number of rotatable bonds is 5. The Morgan fingerprint density at radius 3 is 2.48 bits per heavy atom. The smallest absolute Gasteiger partial charge is 0.261 e. The van der Waals surface area contributed by atoms with Crippen LogP contribution in [-0.4, -0.2) is 10.9 Å². The molecule has 0 saturated carbocycles. The molecule has 0 radical (unpaired) electrons. The maximum absolute atomic E-state index is 12.5. The highest BCUT2D eigenvalue weighted by Crippen LogP contribution is 2.24. The van der Waals surface area contributed by atoms with Gasteiger partial charge in [-0.15, -0.1) is 0 Å². The number of nitrogens with one attached hydrogen (secondary N) is 2. The fourth-order valence-electron chi connectivity index (χ4n) is 2.85. The number of ether oxygens (including phenoxy) is 1. The average molecular weight is 386 g/mol. The number of aryl methyl sites for hydroxylation is 1. The fourth-order valence-corrected chi connectivity index (χ4v) is 2.85. The normalized spacial score (nSPS) is 10.5. The number of pyridine rings is 1. The molecule has 6 heteroatoms. The van der Waals surface area contributed by atoms with E-state index in [1.807, 2.05) is 31.2 Å². The van der Waals surface area contributed by atoms with Crippen molar-refractivity contribution < 1.29 is 13.9 Å². The molecule has 0 aliphatic heterocycles. The van der Waals surface area contributed by atoms with Crippen molar-refractivity contribution in [3.8, 4) is 23.0 Å². The lowest BCUT2D eigenvalue weighted by molar-refractivity contribution is 0.102. The highest BCUT2D eigenvalue weighted by molar-refractivity contribution is 6.04. The van der Waals surface area contributed by atoms with Crippen molar-refractivity contribution in [1.29, 1.82) is 0 Å². The van der Waals surface area contributed by atoms with Crippen molar-refractivity contribution >= 4 is 11.6 Å². The Kier molecular flexibility index (Phi) is 4.99. The van der Waals surface area contributed by atoms with Crippen molar-refractivity contribution in [2.45, 2.75) is 6.92 Å². The lowest BCUT2D eigenvalue weighted by atomic mass is 10.2.